The summed E-state index contributed by atoms with van der Waals surface area (Å²) in [5.41, 5.74) is 0.826. The van der Waals surface area contributed by atoms with Crippen LogP contribution in [0.15, 0.2) is 36.4 Å². The Morgan fingerprint density at radius 3 is 2.21 bits per heavy atom. The maximum absolute atomic E-state index is 12.7. The average Bonchev–Trinajstić information content (AvgIpc) is 2.71. The lowest BCUT2D eigenvalue weighted by Crippen LogP contribution is -2.34. The number of anilines is 1. The monoisotopic (exact) mass is 402 g/mol. The molecule has 8 nitrogen and oxygen atoms in total. The van der Waals surface area contributed by atoms with Crippen molar-refractivity contribution in [1.29, 1.82) is 0 Å². The zero-order valence-corrected chi connectivity index (χ0v) is 17.2. The molecule has 0 radical (unpaired) electrons. The molecule has 0 saturated heterocycles. The Morgan fingerprint density at radius 2 is 1.59 bits per heavy atom. The number of hydrogen-bond donors (Lipinski definition) is 2. The first-order valence-corrected chi connectivity index (χ1v) is 9.01. The summed E-state index contributed by atoms with van der Waals surface area (Å²) in [6, 6.07) is 9.83. The normalized spacial score (nSPS) is 10.3. The molecule has 0 aromatic heterocycles. The van der Waals surface area contributed by atoms with Gasteiger partial charge in [0.05, 0.1) is 27.0 Å². The molecule has 0 unspecified atom stereocenters. The summed E-state index contributed by atoms with van der Waals surface area (Å²) in [5, 5.41) is 5.53. The van der Waals surface area contributed by atoms with Gasteiger partial charge in [0.15, 0.2) is 18.1 Å². The first-order valence-electron chi connectivity index (χ1n) is 9.01. The van der Waals surface area contributed by atoms with E-state index in [1.807, 2.05) is 13.8 Å². The summed E-state index contributed by atoms with van der Waals surface area (Å²) in [6.45, 7) is 3.58. The second kappa shape index (κ2) is 10.2. The second-order valence-corrected chi connectivity index (χ2v) is 6.40. The van der Waals surface area contributed by atoms with Gasteiger partial charge in [-0.05, 0) is 44.2 Å². The van der Waals surface area contributed by atoms with Crippen molar-refractivity contribution in [3.63, 3.8) is 0 Å². The van der Waals surface area contributed by atoms with Crippen molar-refractivity contribution in [2.24, 2.45) is 0 Å². The summed E-state index contributed by atoms with van der Waals surface area (Å²) in [5.74, 6) is 1.19. The standard InChI is InChI=1S/C21H26N2O6/c1-13(2)22-20(24)12-29-18-8-6-14(10-19(18)28-5)21(25)23-16-11-15(26-3)7-9-17(16)27-4/h6-11,13H,12H2,1-5H3,(H,22,24)(H,23,25). The van der Waals surface area contributed by atoms with Crippen LogP contribution in [-0.2, 0) is 4.79 Å². The molecule has 2 aromatic carbocycles. The van der Waals surface area contributed by atoms with Crippen LogP contribution in [0.4, 0.5) is 5.69 Å². The Morgan fingerprint density at radius 1 is 0.897 bits per heavy atom. The van der Waals surface area contributed by atoms with E-state index in [4.69, 9.17) is 18.9 Å². The van der Waals surface area contributed by atoms with Crippen LogP contribution in [-0.4, -0.2) is 45.8 Å². The fourth-order valence-electron chi connectivity index (χ4n) is 2.54. The first-order chi connectivity index (χ1) is 13.9. The van der Waals surface area contributed by atoms with E-state index in [-0.39, 0.29) is 24.5 Å². The molecule has 0 aliphatic carbocycles. The van der Waals surface area contributed by atoms with Gasteiger partial charge >= 0.3 is 0 Å². The number of amides is 2. The summed E-state index contributed by atoms with van der Waals surface area (Å²) >= 11 is 0. The van der Waals surface area contributed by atoms with E-state index in [1.165, 1.54) is 20.3 Å². The number of nitrogens with one attached hydrogen (secondary N) is 2. The summed E-state index contributed by atoms with van der Waals surface area (Å²) in [7, 11) is 4.52. The van der Waals surface area contributed by atoms with E-state index in [0.717, 1.165) is 0 Å². The molecule has 8 heteroatoms. The van der Waals surface area contributed by atoms with Gasteiger partial charge in [-0.3, -0.25) is 9.59 Å². The lowest BCUT2D eigenvalue weighted by Gasteiger charge is -2.14. The van der Waals surface area contributed by atoms with Gasteiger partial charge in [0.25, 0.3) is 11.8 Å². The minimum absolute atomic E-state index is 0.0210. The molecule has 2 aromatic rings. The van der Waals surface area contributed by atoms with Crippen molar-refractivity contribution in [2.75, 3.05) is 33.3 Å². The zero-order valence-electron chi connectivity index (χ0n) is 17.2. The van der Waals surface area contributed by atoms with Crippen LogP contribution in [0.3, 0.4) is 0 Å². The van der Waals surface area contributed by atoms with Crippen LogP contribution < -0.4 is 29.6 Å². The van der Waals surface area contributed by atoms with E-state index < -0.39 is 0 Å². The van der Waals surface area contributed by atoms with E-state index in [9.17, 15) is 9.59 Å². The molecule has 0 spiro atoms. The van der Waals surface area contributed by atoms with Crippen LogP contribution in [0.2, 0.25) is 0 Å². The van der Waals surface area contributed by atoms with Gasteiger partial charge in [0.2, 0.25) is 0 Å². The van der Waals surface area contributed by atoms with Gasteiger partial charge in [0, 0.05) is 17.7 Å². The van der Waals surface area contributed by atoms with Gasteiger partial charge in [-0.25, -0.2) is 0 Å². The summed E-state index contributed by atoms with van der Waals surface area (Å²) in [4.78, 5) is 24.4. The molecule has 29 heavy (non-hydrogen) atoms. The number of benzene rings is 2. The number of carbonyl (C=O) groups is 2. The molecule has 0 atom stereocenters. The molecule has 156 valence electrons. The van der Waals surface area contributed by atoms with Gasteiger partial charge in [-0.1, -0.05) is 0 Å². The van der Waals surface area contributed by atoms with Crippen molar-refractivity contribution < 1.29 is 28.5 Å². The Hall–Kier alpha value is -3.42. The number of methoxy groups -OCH3 is 3. The predicted octanol–water partition coefficient (Wildman–Crippen LogP) is 2.87. The Bertz CT molecular complexity index is 866. The maximum atomic E-state index is 12.7. The molecule has 0 fully saturated rings. The molecular formula is C21H26N2O6. The second-order valence-electron chi connectivity index (χ2n) is 6.40. The Labute approximate surface area is 170 Å². The van der Waals surface area contributed by atoms with Crippen LogP contribution in [0.25, 0.3) is 0 Å². The summed E-state index contributed by atoms with van der Waals surface area (Å²) in [6.07, 6.45) is 0. The molecule has 0 heterocycles. The number of ether oxygens (including phenoxy) is 4. The predicted molar refractivity (Wildman–Crippen MR) is 109 cm³/mol. The minimum Gasteiger partial charge on any atom is -0.497 e. The highest BCUT2D eigenvalue weighted by atomic mass is 16.5. The molecule has 0 aliphatic heterocycles. The van der Waals surface area contributed by atoms with E-state index in [1.54, 1.807) is 37.4 Å². The SMILES string of the molecule is COc1ccc(OC)c(NC(=O)c2ccc(OCC(=O)NC(C)C)c(OC)c2)c1. The van der Waals surface area contributed by atoms with Crippen molar-refractivity contribution >= 4 is 17.5 Å². The molecule has 2 rings (SSSR count). The van der Waals surface area contributed by atoms with E-state index in [0.29, 0.717) is 34.2 Å². The molecule has 0 bridgehead atoms. The van der Waals surface area contributed by atoms with E-state index in [2.05, 4.69) is 10.6 Å². The smallest absolute Gasteiger partial charge is 0.258 e. The molecular weight excluding hydrogens is 376 g/mol. The minimum atomic E-state index is -0.362. The third kappa shape index (κ3) is 6.03. The molecule has 2 amide bonds. The number of rotatable bonds is 9. The topological polar surface area (TPSA) is 95.1 Å². The quantitative estimate of drug-likeness (QED) is 0.670. The fraction of sp³-hybridized carbons (Fsp3) is 0.333. The molecule has 0 aliphatic rings. The third-order valence-corrected chi connectivity index (χ3v) is 3.89. The largest absolute Gasteiger partial charge is 0.497 e. The highest BCUT2D eigenvalue weighted by Crippen LogP contribution is 2.31. The maximum Gasteiger partial charge on any atom is 0.258 e. The molecule has 0 saturated carbocycles. The van der Waals surface area contributed by atoms with Crippen molar-refractivity contribution in [3.05, 3.63) is 42.0 Å². The number of carbonyl (C=O) groups excluding carboxylic acids is 2. The fourth-order valence-corrected chi connectivity index (χ4v) is 2.54. The number of hydrogen-bond acceptors (Lipinski definition) is 6. The van der Waals surface area contributed by atoms with Crippen LogP contribution in [0.1, 0.15) is 24.2 Å². The van der Waals surface area contributed by atoms with Crippen LogP contribution in [0.5, 0.6) is 23.0 Å². The van der Waals surface area contributed by atoms with Crippen molar-refractivity contribution in [2.45, 2.75) is 19.9 Å². The first kappa shape index (κ1) is 21.9. The van der Waals surface area contributed by atoms with Gasteiger partial charge < -0.3 is 29.6 Å². The van der Waals surface area contributed by atoms with Crippen molar-refractivity contribution in [3.8, 4) is 23.0 Å². The molecule has 2 N–H and O–H groups in total. The average molecular weight is 402 g/mol. The summed E-state index contributed by atoms with van der Waals surface area (Å²) < 4.78 is 21.3. The van der Waals surface area contributed by atoms with Crippen LogP contribution in [0, 0.1) is 0 Å². The highest BCUT2D eigenvalue weighted by molar-refractivity contribution is 6.05. The van der Waals surface area contributed by atoms with E-state index >= 15 is 0 Å². The lowest BCUT2D eigenvalue weighted by atomic mass is 10.1. The van der Waals surface area contributed by atoms with Gasteiger partial charge in [0.1, 0.15) is 11.5 Å². The zero-order chi connectivity index (χ0) is 21.4. The lowest BCUT2D eigenvalue weighted by molar-refractivity contribution is -0.123. The van der Waals surface area contributed by atoms with Crippen LogP contribution >= 0.6 is 0 Å². The van der Waals surface area contributed by atoms with Gasteiger partial charge in [-0.15, -0.1) is 0 Å². The van der Waals surface area contributed by atoms with Gasteiger partial charge in [-0.2, -0.15) is 0 Å². The highest BCUT2D eigenvalue weighted by Gasteiger charge is 2.15. The van der Waals surface area contributed by atoms with Crippen molar-refractivity contribution in [1.82, 2.24) is 5.32 Å². The Kier molecular flexibility index (Phi) is 7.70. The Balaban J connectivity index is 2.15. The third-order valence-electron chi connectivity index (χ3n) is 3.89.